The van der Waals surface area contributed by atoms with Crippen LogP contribution in [0.25, 0.3) is 0 Å². The van der Waals surface area contributed by atoms with Crippen molar-refractivity contribution in [1.29, 1.82) is 0 Å². The van der Waals surface area contributed by atoms with E-state index in [2.05, 4.69) is 0 Å². The van der Waals surface area contributed by atoms with Crippen molar-refractivity contribution in [2.45, 2.75) is 23.6 Å². The molecule has 1 aromatic heterocycles. The van der Waals surface area contributed by atoms with Crippen LogP contribution in [0.3, 0.4) is 0 Å². The second kappa shape index (κ2) is 3.77. The first-order valence-electron chi connectivity index (χ1n) is 3.94. The second-order valence-corrected chi connectivity index (χ2v) is 6.59. The summed E-state index contributed by atoms with van der Waals surface area (Å²) >= 11 is 1.30. The van der Waals surface area contributed by atoms with Gasteiger partial charge in [-0.1, -0.05) is 0 Å². The fourth-order valence-corrected chi connectivity index (χ4v) is 3.10. The fraction of sp³-hybridized carbons (Fsp3) is 0.500. The molecule has 3 nitrogen and oxygen atoms in total. The molecule has 5 heteroatoms. The summed E-state index contributed by atoms with van der Waals surface area (Å²) in [5, 5.41) is 0. The average Bonchev–Trinajstić information content (AvgIpc) is 2.32. The Morgan fingerprint density at radius 1 is 1.54 bits per heavy atom. The highest BCUT2D eigenvalue weighted by molar-refractivity contribution is 7.92. The van der Waals surface area contributed by atoms with Gasteiger partial charge >= 0.3 is 0 Å². The van der Waals surface area contributed by atoms with Crippen LogP contribution >= 0.6 is 11.3 Å². The van der Waals surface area contributed by atoms with Crippen molar-refractivity contribution in [2.24, 2.45) is 5.73 Å². The lowest BCUT2D eigenvalue weighted by atomic mass is 10.2. The van der Waals surface area contributed by atoms with E-state index in [4.69, 9.17) is 5.73 Å². The highest BCUT2D eigenvalue weighted by Gasteiger charge is 2.10. The molecule has 0 aliphatic carbocycles. The molecule has 74 valence electrons. The van der Waals surface area contributed by atoms with Gasteiger partial charge in [0.15, 0.2) is 9.84 Å². The van der Waals surface area contributed by atoms with Crippen LogP contribution in [-0.2, 0) is 16.3 Å². The maximum absolute atomic E-state index is 11.1. The summed E-state index contributed by atoms with van der Waals surface area (Å²) in [6.07, 6.45) is 1.95. The summed E-state index contributed by atoms with van der Waals surface area (Å²) in [6.45, 7) is 1.90. The third kappa shape index (κ3) is 3.10. The maximum atomic E-state index is 11.1. The predicted octanol–water partition coefficient (Wildman–Crippen LogP) is 1.04. The van der Waals surface area contributed by atoms with Gasteiger partial charge in [0.25, 0.3) is 0 Å². The molecule has 13 heavy (non-hydrogen) atoms. The van der Waals surface area contributed by atoms with Crippen LogP contribution in [0, 0.1) is 0 Å². The van der Waals surface area contributed by atoms with Crippen molar-refractivity contribution >= 4 is 21.2 Å². The lowest BCUT2D eigenvalue weighted by Crippen LogP contribution is -2.16. The van der Waals surface area contributed by atoms with E-state index in [1.807, 2.05) is 13.0 Å². The summed E-state index contributed by atoms with van der Waals surface area (Å²) in [5.41, 5.74) is 5.60. The summed E-state index contributed by atoms with van der Waals surface area (Å²) in [5.74, 6) is 0. The van der Waals surface area contributed by atoms with Crippen LogP contribution < -0.4 is 5.73 Å². The first kappa shape index (κ1) is 10.7. The number of hydrogen-bond acceptors (Lipinski definition) is 4. The van der Waals surface area contributed by atoms with Gasteiger partial charge in [-0.25, -0.2) is 8.42 Å². The van der Waals surface area contributed by atoms with Crippen molar-refractivity contribution in [2.75, 3.05) is 6.26 Å². The standard InChI is InChI=1S/C8H13NO2S2/c1-6(9)5-7-3-4-8(12-7)13(2,10)11/h3-4,6H,5,9H2,1-2H3. The molecule has 0 radical (unpaired) electrons. The predicted molar refractivity (Wildman–Crippen MR) is 54.8 cm³/mol. The molecule has 1 unspecified atom stereocenters. The zero-order chi connectivity index (χ0) is 10.1. The minimum Gasteiger partial charge on any atom is -0.328 e. The number of rotatable bonds is 3. The summed E-state index contributed by atoms with van der Waals surface area (Å²) in [6, 6.07) is 3.54. The molecule has 1 rings (SSSR count). The van der Waals surface area contributed by atoms with E-state index in [0.717, 1.165) is 11.3 Å². The highest BCUT2D eigenvalue weighted by Crippen LogP contribution is 2.22. The van der Waals surface area contributed by atoms with Gasteiger partial charge in [0.2, 0.25) is 0 Å². The van der Waals surface area contributed by atoms with Gasteiger partial charge < -0.3 is 5.73 Å². The Morgan fingerprint density at radius 3 is 2.54 bits per heavy atom. The van der Waals surface area contributed by atoms with E-state index in [1.165, 1.54) is 17.6 Å². The second-order valence-electron chi connectivity index (χ2n) is 3.17. The molecule has 0 saturated heterocycles. The van der Waals surface area contributed by atoms with Gasteiger partial charge in [-0.05, 0) is 25.5 Å². The normalized spacial score (nSPS) is 14.4. The molecule has 0 saturated carbocycles. The molecule has 0 aliphatic rings. The Bertz CT molecular complexity index is 379. The lowest BCUT2D eigenvalue weighted by Gasteiger charge is -1.99. The van der Waals surface area contributed by atoms with Crippen molar-refractivity contribution in [3.8, 4) is 0 Å². The molecule has 1 aromatic rings. The monoisotopic (exact) mass is 219 g/mol. The molecule has 0 bridgehead atoms. The fourth-order valence-electron chi connectivity index (χ4n) is 0.985. The molecule has 0 aliphatic heterocycles. The quantitative estimate of drug-likeness (QED) is 0.826. The zero-order valence-electron chi connectivity index (χ0n) is 7.65. The Balaban J connectivity index is 2.88. The Hall–Kier alpha value is -0.390. The third-order valence-corrected chi connectivity index (χ3v) is 4.45. The van der Waals surface area contributed by atoms with Gasteiger partial charge in [0.1, 0.15) is 4.21 Å². The highest BCUT2D eigenvalue weighted by atomic mass is 32.2. The topological polar surface area (TPSA) is 60.2 Å². The van der Waals surface area contributed by atoms with Crippen molar-refractivity contribution < 1.29 is 8.42 Å². The van der Waals surface area contributed by atoms with E-state index in [0.29, 0.717) is 4.21 Å². The van der Waals surface area contributed by atoms with E-state index in [-0.39, 0.29) is 6.04 Å². The van der Waals surface area contributed by atoms with Crippen molar-refractivity contribution in [3.05, 3.63) is 17.0 Å². The average molecular weight is 219 g/mol. The third-order valence-electron chi connectivity index (χ3n) is 1.53. The Labute approximate surface area is 82.5 Å². The number of thiophene rings is 1. The molecule has 0 spiro atoms. The Kier molecular flexibility index (Phi) is 3.10. The molecule has 0 fully saturated rings. The van der Waals surface area contributed by atoms with Crippen LogP contribution in [0.1, 0.15) is 11.8 Å². The smallest absolute Gasteiger partial charge is 0.184 e. The molecule has 0 amide bonds. The van der Waals surface area contributed by atoms with Crippen molar-refractivity contribution in [3.63, 3.8) is 0 Å². The molecule has 0 aromatic carbocycles. The SMILES string of the molecule is CC(N)Cc1ccc(S(C)(=O)=O)s1. The summed E-state index contributed by atoms with van der Waals surface area (Å²) < 4.78 is 22.6. The van der Waals surface area contributed by atoms with Gasteiger partial charge in [-0.15, -0.1) is 11.3 Å². The van der Waals surface area contributed by atoms with Crippen LogP contribution in [0.4, 0.5) is 0 Å². The first-order valence-corrected chi connectivity index (χ1v) is 6.65. The minimum absolute atomic E-state index is 0.0751. The van der Waals surface area contributed by atoms with E-state index in [9.17, 15) is 8.42 Å². The van der Waals surface area contributed by atoms with Crippen LogP contribution in [0.15, 0.2) is 16.3 Å². The summed E-state index contributed by atoms with van der Waals surface area (Å²) in [4.78, 5) is 1.02. The van der Waals surface area contributed by atoms with Crippen LogP contribution in [-0.4, -0.2) is 20.7 Å². The first-order chi connectivity index (χ1) is 5.89. The maximum Gasteiger partial charge on any atom is 0.184 e. The lowest BCUT2D eigenvalue weighted by molar-refractivity contribution is 0.604. The number of hydrogen-bond donors (Lipinski definition) is 1. The van der Waals surface area contributed by atoms with E-state index in [1.54, 1.807) is 6.07 Å². The Morgan fingerprint density at radius 2 is 2.15 bits per heavy atom. The molecule has 1 heterocycles. The largest absolute Gasteiger partial charge is 0.328 e. The minimum atomic E-state index is -3.04. The van der Waals surface area contributed by atoms with Crippen LogP contribution in [0.2, 0.25) is 0 Å². The molecular formula is C8H13NO2S2. The van der Waals surface area contributed by atoms with E-state index >= 15 is 0 Å². The number of sulfone groups is 1. The number of nitrogens with two attached hydrogens (primary N) is 1. The summed E-state index contributed by atoms with van der Waals surface area (Å²) in [7, 11) is -3.04. The zero-order valence-corrected chi connectivity index (χ0v) is 9.28. The molecule has 1 atom stereocenters. The van der Waals surface area contributed by atoms with Crippen LogP contribution in [0.5, 0.6) is 0 Å². The molecular weight excluding hydrogens is 206 g/mol. The van der Waals surface area contributed by atoms with Gasteiger partial charge in [0, 0.05) is 17.2 Å². The van der Waals surface area contributed by atoms with E-state index < -0.39 is 9.84 Å². The van der Waals surface area contributed by atoms with Gasteiger partial charge in [-0.2, -0.15) is 0 Å². The van der Waals surface area contributed by atoms with Crippen molar-refractivity contribution in [1.82, 2.24) is 0 Å². The van der Waals surface area contributed by atoms with Gasteiger partial charge in [-0.3, -0.25) is 0 Å². The van der Waals surface area contributed by atoms with Gasteiger partial charge in [0.05, 0.1) is 0 Å². The molecule has 2 N–H and O–H groups in total.